The van der Waals surface area contributed by atoms with Crippen LogP contribution in [0.3, 0.4) is 0 Å². The largest absolute Gasteiger partial charge is 0.447 e. The minimum atomic E-state index is -3.51. The summed E-state index contributed by atoms with van der Waals surface area (Å²) in [6.07, 6.45) is 0. The van der Waals surface area contributed by atoms with Crippen molar-refractivity contribution < 1.29 is 12.8 Å². The lowest BCUT2D eigenvalue weighted by Gasteiger charge is -2.06. The van der Waals surface area contributed by atoms with E-state index in [9.17, 15) is 8.42 Å². The van der Waals surface area contributed by atoms with Crippen LogP contribution in [-0.4, -0.2) is 21.0 Å². The first-order valence-corrected chi connectivity index (χ1v) is 6.75. The average Bonchev–Trinajstić information content (AvgIpc) is 2.61. The Bertz CT molecular complexity index is 423. The van der Waals surface area contributed by atoms with E-state index in [1.807, 2.05) is 6.92 Å². The van der Waals surface area contributed by atoms with E-state index in [1.165, 1.54) is 6.07 Å². The Hall–Kier alpha value is -0.850. The number of hydrogen-bond donors (Lipinski definition) is 2. The maximum Gasteiger partial charge on any atom is 0.274 e. The highest BCUT2D eigenvalue weighted by molar-refractivity contribution is 7.89. The van der Waals surface area contributed by atoms with E-state index in [2.05, 4.69) is 10.0 Å². The molecule has 0 aliphatic heterocycles. The van der Waals surface area contributed by atoms with Gasteiger partial charge in [-0.15, -0.1) is 0 Å². The van der Waals surface area contributed by atoms with Crippen molar-refractivity contribution in [1.82, 2.24) is 10.0 Å². The Morgan fingerprint density at radius 2 is 2.06 bits per heavy atom. The van der Waals surface area contributed by atoms with Crippen LogP contribution in [0.5, 0.6) is 0 Å². The van der Waals surface area contributed by atoms with Gasteiger partial charge in [0.2, 0.25) is 5.09 Å². The summed E-state index contributed by atoms with van der Waals surface area (Å²) >= 11 is 0. The van der Waals surface area contributed by atoms with Gasteiger partial charge in [0.05, 0.1) is 6.54 Å². The molecule has 0 saturated heterocycles. The second-order valence-electron chi connectivity index (χ2n) is 3.78. The Morgan fingerprint density at radius 1 is 1.38 bits per heavy atom. The SMILES string of the molecule is CCNCc1ccc(S(=O)(=O)NC(C)C)o1. The third-order valence-electron chi connectivity index (χ3n) is 1.84. The molecular weight excluding hydrogens is 228 g/mol. The molecule has 0 bridgehead atoms. The lowest BCUT2D eigenvalue weighted by molar-refractivity contribution is 0.400. The van der Waals surface area contributed by atoms with Crippen LogP contribution in [0.1, 0.15) is 26.5 Å². The molecule has 1 rings (SSSR count). The van der Waals surface area contributed by atoms with Crippen molar-refractivity contribution in [2.24, 2.45) is 0 Å². The predicted molar refractivity (Wildman–Crippen MR) is 61.5 cm³/mol. The topological polar surface area (TPSA) is 71.3 Å². The van der Waals surface area contributed by atoms with Gasteiger partial charge in [0.25, 0.3) is 10.0 Å². The van der Waals surface area contributed by atoms with Gasteiger partial charge in [-0.25, -0.2) is 13.1 Å². The molecule has 92 valence electrons. The lowest BCUT2D eigenvalue weighted by Crippen LogP contribution is -2.29. The van der Waals surface area contributed by atoms with Gasteiger partial charge in [0, 0.05) is 6.04 Å². The maximum absolute atomic E-state index is 11.7. The fraction of sp³-hybridized carbons (Fsp3) is 0.600. The molecule has 0 fully saturated rings. The maximum atomic E-state index is 11.7. The molecule has 0 radical (unpaired) electrons. The first-order chi connectivity index (χ1) is 7.45. The predicted octanol–water partition coefficient (Wildman–Crippen LogP) is 1.08. The number of nitrogens with one attached hydrogen (secondary N) is 2. The Labute approximate surface area is 96.3 Å². The number of sulfonamides is 1. The molecule has 1 heterocycles. The van der Waals surface area contributed by atoms with Crippen LogP contribution in [0.4, 0.5) is 0 Å². The van der Waals surface area contributed by atoms with Crippen molar-refractivity contribution in [3.05, 3.63) is 17.9 Å². The first-order valence-electron chi connectivity index (χ1n) is 5.27. The third kappa shape index (κ3) is 3.62. The molecule has 0 aliphatic rings. The van der Waals surface area contributed by atoms with Gasteiger partial charge in [-0.1, -0.05) is 6.92 Å². The zero-order valence-corrected chi connectivity index (χ0v) is 10.6. The van der Waals surface area contributed by atoms with Crippen LogP contribution in [0.25, 0.3) is 0 Å². The number of furan rings is 1. The normalized spacial score (nSPS) is 12.2. The Balaban J connectivity index is 2.77. The van der Waals surface area contributed by atoms with Crippen LogP contribution in [0.15, 0.2) is 21.6 Å². The van der Waals surface area contributed by atoms with Gasteiger partial charge < -0.3 is 9.73 Å². The zero-order valence-electron chi connectivity index (χ0n) is 9.78. The van der Waals surface area contributed by atoms with Gasteiger partial charge in [-0.3, -0.25) is 0 Å². The molecule has 0 amide bonds. The molecule has 16 heavy (non-hydrogen) atoms. The molecule has 6 heteroatoms. The fourth-order valence-electron chi connectivity index (χ4n) is 1.21. The molecule has 1 aromatic rings. The van der Waals surface area contributed by atoms with E-state index < -0.39 is 10.0 Å². The minimum Gasteiger partial charge on any atom is -0.447 e. The van der Waals surface area contributed by atoms with Crippen molar-refractivity contribution in [2.45, 2.75) is 38.5 Å². The van der Waals surface area contributed by atoms with Crippen molar-refractivity contribution >= 4 is 10.0 Å². The summed E-state index contributed by atoms with van der Waals surface area (Å²) in [5.74, 6) is 0.617. The highest BCUT2D eigenvalue weighted by atomic mass is 32.2. The zero-order chi connectivity index (χ0) is 12.2. The molecule has 5 nitrogen and oxygen atoms in total. The molecule has 0 unspecified atom stereocenters. The van der Waals surface area contributed by atoms with Gasteiger partial charge in [0.1, 0.15) is 5.76 Å². The van der Waals surface area contributed by atoms with Crippen LogP contribution < -0.4 is 10.0 Å². The van der Waals surface area contributed by atoms with E-state index in [0.29, 0.717) is 12.3 Å². The Morgan fingerprint density at radius 3 is 2.62 bits per heavy atom. The van der Waals surface area contributed by atoms with E-state index in [-0.39, 0.29) is 11.1 Å². The number of hydrogen-bond acceptors (Lipinski definition) is 4. The highest BCUT2D eigenvalue weighted by Gasteiger charge is 2.19. The second kappa shape index (κ2) is 5.47. The Kier molecular flexibility index (Phi) is 4.52. The highest BCUT2D eigenvalue weighted by Crippen LogP contribution is 2.13. The summed E-state index contributed by atoms with van der Waals surface area (Å²) < 4.78 is 31.1. The molecule has 0 aromatic carbocycles. The average molecular weight is 246 g/mol. The summed E-state index contributed by atoms with van der Waals surface area (Å²) in [4.78, 5) is 0. The van der Waals surface area contributed by atoms with E-state index in [0.717, 1.165) is 6.54 Å². The summed E-state index contributed by atoms with van der Waals surface area (Å²) in [6, 6.07) is 2.99. The van der Waals surface area contributed by atoms with Crippen LogP contribution in [0.2, 0.25) is 0 Å². The molecular formula is C10H18N2O3S. The number of rotatable bonds is 6. The standard InChI is InChI=1S/C10H18N2O3S/c1-4-11-7-9-5-6-10(15-9)16(13,14)12-8(2)3/h5-6,8,11-12H,4,7H2,1-3H3. The van der Waals surface area contributed by atoms with Crippen molar-refractivity contribution in [3.8, 4) is 0 Å². The fourth-order valence-corrected chi connectivity index (χ4v) is 2.41. The van der Waals surface area contributed by atoms with Gasteiger partial charge >= 0.3 is 0 Å². The van der Waals surface area contributed by atoms with Crippen LogP contribution in [0, 0.1) is 0 Å². The van der Waals surface area contributed by atoms with Crippen molar-refractivity contribution in [1.29, 1.82) is 0 Å². The van der Waals surface area contributed by atoms with Crippen molar-refractivity contribution in [3.63, 3.8) is 0 Å². The monoisotopic (exact) mass is 246 g/mol. The van der Waals surface area contributed by atoms with Gasteiger partial charge in [-0.05, 0) is 32.5 Å². The van der Waals surface area contributed by atoms with E-state index >= 15 is 0 Å². The molecule has 0 aliphatic carbocycles. The second-order valence-corrected chi connectivity index (χ2v) is 5.42. The summed E-state index contributed by atoms with van der Waals surface area (Å²) in [5, 5.41) is 3.03. The molecule has 2 N–H and O–H groups in total. The first kappa shape index (κ1) is 13.2. The van der Waals surface area contributed by atoms with E-state index in [1.54, 1.807) is 19.9 Å². The quantitative estimate of drug-likeness (QED) is 0.788. The summed E-state index contributed by atoms with van der Waals surface area (Å²) in [6.45, 7) is 6.85. The van der Waals surface area contributed by atoms with E-state index in [4.69, 9.17) is 4.42 Å². The summed E-state index contributed by atoms with van der Waals surface area (Å²) in [7, 11) is -3.51. The lowest BCUT2D eigenvalue weighted by atomic mass is 10.4. The summed E-state index contributed by atoms with van der Waals surface area (Å²) in [5.41, 5.74) is 0. The van der Waals surface area contributed by atoms with Crippen LogP contribution >= 0.6 is 0 Å². The smallest absolute Gasteiger partial charge is 0.274 e. The van der Waals surface area contributed by atoms with Crippen LogP contribution in [-0.2, 0) is 16.6 Å². The van der Waals surface area contributed by atoms with Gasteiger partial charge in [0.15, 0.2) is 0 Å². The van der Waals surface area contributed by atoms with Gasteiger partial charge in [-0.2, -0.15) is 0 Å². The molecule has 0 atom stereocenters. The molecule has 0 saturated carbocycles. The molecule has 1 aromatic heterocycles. The van der Waals surface area contributed by atoms with Crippen molar-refractivity contribution in [2.75, 3.05) is 6.54 Å². The minimum absolute atomic E-state index is 0.0332. The molecule has 0 spiro atoms. The third-order valence-corrected chi connectivity index (χ3v) is 3.37.